The van der Waals surface area contributed by atoms with Crippen molar-refractivity contribution in [2.24, 2.45) is 10.2 Å². The minimum atomic E-state index is -0.0843. The van der Waals surface area contributed by atoms with Crippen molar-refractivity contribution in [1.29, 1.82) is 0 Å². The van der Waals surface area contributed by atoms with E-state index >= 15 is 0 Å². The predicted molar refractivity (Wildman–Crippen MR) is 97.6 cm³/mol. The molecule has 2 aromatic carbocycles. The molecule has 138 valence electrons. The first-order chi connectivity index (χ1) is 12.5. The zero-order valence-corrected chi connectivity index (χ0v) is 14.9. The zero-order chi connectivity index (χ0) is 19.1. The monoisotopic (exact) mass is 360 g/mol. The first-order valence-electron chi connectivity index (χ1n) is 7.50. The summed E-state index contributed by atoms with van der Waals surface area (Å²) >= 11 is 0. The number of hydrogen-bond donors (Lipinski definition) is 2. The van der Waals surface area contributed by atoms with Crippen molar-refractivity contribution in [2.45, 2.75) is 0 Å². The van der Waals surface area contributed by atoms with Crippen molar-refractivity contribution in [3.05, 3.63) is 35.4 Å². The maximum atomic E-state index is 9.89. The molecule has 0 heterocycles. The van der Waals surface area contributed by atoms with Crippen LogP contribution in [0.5, 0.6) is 34.5 Å². The molecule has 2 rings (SSSR count). The molecular formula is C18H20N2O6. The Balaban J connectivity index is 2.23. The lowest BCUT2D eigenvalue weighted by Crippen LogP contribution is -1.92. The Kier molecular flexibility index (Phi) is 6.26. The van der Waals surface area contributed by atoms with Gasteiger partial charge >= 0.3 is 0 Å². The third-order valence-electron chi connectivity index (χ3n) is 3.48. The van der Waals surface area contributed by atoms with Crippen LogP contribution >= 0.6 is 0 Å². The van der Waals surface area contributed by atoms with Crippen molar-refractivity contribution in [2.75, 3.05) is 28.4 Å². The van der Waals surface area contributed by atoms with E-state index in [-0.39, 0.29) is 34.5 Å². The summed E-state index contributed by atoms with van der Waals surface area (Å²) in [4.78, 5) is 0. The Hall–Kier alpha value is -3.42. The molecule has 0 aliphatic heterocycles. The molecule has 0 atom stereocenters. The van der Waals surface area contributed by atoms with Gasteiger partial charge in [-0.25, -0.2) is 0 Å². The average Bonchev–Trinajstić information content (AvgIpc) is 2.66. The van der Waals surface area contributed by atoms with E-state index in [1.54, 1.807) is 24.3 Å². The topological polar surface area (TPSA) is 102 Å². The molecule has 0 spiro atoms. The standard InChI is InChI=1S/C18H20N2O6/c1-23-13-5-11(6-14(24-2)17(13)21)9-19-20-10-12-7-15(25-3)18(22)16(8-12)26-4/h5-10,21-22H,1-4H3. The average molecular weight is 360 g/mol. The summed E-state index contributed by atoms with van der Waals surface area (Å²) in [5.74, 6) is 0.897. The van der Waals surface area contributed by atoms with Gasteiger partial charge in [-0.1, -0.05) is 0 Å². The minimum Gasteiger partial charge on any atom is -0.502 e. The van der Waals surface area contributed by atoms with Crippen LogP contribution in [0.25, 0.3) is 0 Å². The van der Waals surface area contributed by atoms with E-state index in [1.807, 2.05) is 0 Å². The summed E-state index contributed by atoms with van der Waals surface area (Å²) in [7, 11) is 5.77. The maximum absolute atomic E-state index is 9.89. The molecule has 0 bridgehead atoms. The number of nitrogens with zero attached hydrogens (tertiary/aromatic N) is 2. The summed E-state index contributed by atoms with van der Waals surface area (Å²) in [6, 6.07) is 6.40. The second-order valence-corrected chi connectivity index (χ2v) is 5.04. The highest BCUT2D eigenvalue weighted by molar-refractivity contribution is 5.85. The maximum Gasteiger partial charge on any atom is 0.200 e. The zero-order valence-electron chi connectivity index (χ0n) is 14.9. The third kappa shape index (κ3) is 4.15. The van der Waals surface area contributed by atoms with Crippen LogP contribution in [0.2, 0.25) is 0 Å². The van der Waals surface area contributed by atoms with Crippen LogP contribution in [-0.2, 0) is 0 Å². The molecule has 2 aromatic rings. The third-order valence-corrected chi connectivity index (χ3v) is 3.48. The van der Waals surface area contributed by atoms with Gasteiger partial charge in [-0.05, 0) is 24.3 Å². The number of hydrogen-bond acceptors (Lipinski definition) is 8. The van der Waals surface area contributed by atoms with Crippen LogP contribution in [-0.4, -0.2) is 51.1 Å². The molecule has 8 heteroatoms. The molecule has 0 saturated carbocycles. The van der Waals surface area contributed by atoms with E-state index in [2.05, 4.69) is 10.2 Å². The molecule has 26 heavy (non-hydrogen) atoms. The van der Waals surface area contributed by atoms with Crippen LogP contribution in [0.1, 0.15) is 11.1 Å². The molecule has 0 unspecified atom stereocenters. The van der Waals surface area contributed by atoms with Gasteiger partial charge in [-0.15, -0.1) is 0 Å². The summed E-state index contributed by atoms with van der Waals surface area (Å²) < 4.78 is 20.3. The summed E-state index contributed by atoms with van der Waals surface area (Å²) in [5, 5.41) is 27.7. The van der Waals surface area contributed by atoms with E-state index in [4.69, 9.17) is 18.9 Å². The van der Waals surface area contributed by atoms with Crippen molar-refractivity contribution < 1.29 is 29.2 Å². The van der Waals surface area contributed by atoms with Gasteiger partial charge in [0, 0.05) is 11.1 Å². The first kappa shape index (κ1) is 18.9. The highest BCUT2D eigenvalue weighted by atomic mass is 16.5. The molecule has 0 amide bonds. The fourth-order valence-electron chi connectivity index (χ4n) is 2.18. The summed E-state index contributed by atoms with van der Waals surface area (Å²) in [5.41, 5.74) is 1.27. The SMILES string of the molecule is COc1cc(C=NN=Cc2cc(OC)c(O)c(OC)c2)cc(OC)c1O. The molecular weight excluding hydrogens is 340 g/mol. The molecule has 0 aliphatic rings. The van der Waals surface area contributed by atoms with Gasteiger partial charge in [0.25, 0.3) is 0 Å². The van der Waals surface area contributed by atoms with Crippen LogP contribution in [0.3, 0.4) is 0 Å². The van der Waals surface area contributed by atoms with Crippen LogP contribution in [0, 0.1) is 0 Å². The van der Waals surface area contributed by atoms with E-state index in [0.29, 0.717) is 11.1 Å². The van der Waals surface area contributed by atoms with E-state index < -0.39 is 0 Å². The number of phenols is 2. The Morgan fingerprint density at radius 3 is 1.12 bits per heavy atom. The fourth-order valence-corrected chi connectivity index (χ4v) is 2.18. The molecule has 0 fully saturated rings. The lowest BCUT2D eigenvalue weighted by Gasteiger charge is -2.09. The van der Waals surface area contributed by atoms with Gasteiger partial charge in [-0.2, -0.15) is 10.2 Å². The van der Waals surface area contributed by atoms with Crippen molar-refractivity contribution >= 4 is 12.4 Å². The van der Waals surface area contributed by atoms with Crippen molar-refractivity contribution in [1.82, 2.24) is 0 Å². The van der Waals surface area contributed by atoms with Crippen molar-refractivity contribution in [3.63, 3.8) is 0 Å². The molecule has 0 radical (unpaired) electrons. The van der Waals surface area contributed by atoms with Gasteiger partial charge < -0.3 is 29.2 Å². The molecule has 0 aliphatic carbocycles. The van der Waals surface area contributed by atoms with Gasteiger partial charge in [-0.3, -0.25) is 0 Å². The Bertz CT molecular complexity index is 713. The molecule has 0 saturated heterocycles. The predicted octanol–water partition coefficient (Wildman–Crippen LogP) is 2.59. The van der Waals surface area contributed by atoms with Gasteiger partial charge in [0.2, 0.25) is 11.5 Å². The van der Waals surface area contributed by atoms with Crippen LogP contribution in [0.4, 0.5) is 0 Å². The Morgan fingerprint density at radius 2 is 0.885 bits per heavy atom. The largest absolute Gasteiger partial charge is 0.502 e. The Labute approximate surface area is 150 Å². The number of benzene rings is 2. The number of aromatic hydroxyl groups is 2. The van der Waals surface area contributed by atoms with Gasteiger partial charge in [0.1, 0.15) is 0 Å². The molecule has 8 nitrogen and oxygen atoms in total. The normalized spacial score (nSPS) is 11.1. The number of ether oxygens (including phenoxy) is 4. The smallest absolute Gasteiger partial charge is 0.200 e. The first-order valence-corrected chi connectivity index (χ1v) is 7.50. The fraction of sp³-hybridized carbons (Fsp3) is 0.222. The van der Waals surface area contributed by atoms with E-state index in [0.717, 1.165) is 0 Å². The number of phenolic OH excluding ortho intramolecular Hbond substituents is 2. The Morgan fingerprint density at radius 1 is 0.615 bits per heavy atom. The highest BCUT2D eigenvalue weighted by Crippen LogP contribution is 2.37. The lowest BCUT2D eigenvalue weighted by atomic mass is 10.2. The van der Waals surface area contributed by atoms with Crippen LogP contribution in [0.15, 0.2) is 34.5 Å². The number of rotatable bonds is 7. The lowest BCUT2D eigenvalue weighted by molar-refractivity contribution is 0.340. The van der Waals surface area contributed by atoms with Crippen LogP contribution < -0.4 is 18.9 Å². The van der Waals surface area contributed by atoms with E-state index in [9.17, 15) is 10.2 Å². The van der Waals surface area contributed by atoms with E-state index in [1.165, 1.54) is 40.9 Å². The second-order valence-electron chi connectivity index (χ2n) is 5.04. The number of methoxy groups -OCH3 is 4. The summed E-state index contributed by atoms with van der Waals surface area (Å²) in [6.45, 7) is 0. The summed E-state index contributed by atoms with van der Waals surface area (Å²) in [6.07, 6.45) is 2.96. The quantitative estimate of drug-likeness (QED) is 0.581. The van der Waals surface area contributed by atoms with Gasteiger partial charge in [0.15, 0.2) is 23.0 Å². The molecule has 2 N–H and O–H groups in total. The van der Waals surface area contributed by atoms with Gasteiger partial charge in [0.05, 0.1) is 40.9 Å². The molecule has 0 aromatic heterocycles. The minimum absolute atomic E-state index is 0.0843. The van der Waals surface area contributed by atoms with Crippen molar-refractivity contribution in [3.8, 4) is 34.5 Å². The highest BCUT2D eigenvalue weighted by Gasteiger charge is 2.11. The second kappa shape index (κ2) is 8.61.